The summed E-state index contributed by atoms with van der Waals surface area (Å²) in [6.07, 6.45) is 0. The quantitative estimate of drug-likeness (QED) is 0.615. The second-order valence-corrected chi connectivity index (χ2v) is 8.08. The lowest BCUT2D eigenvalue weighted by molar-refractivity contribution is -0.123. The van der Waals surface area contributed by atoms with E-state index in [1.165, 1.54) is 4.68 Å². The molecule has 0 bridgehead atoms. The number of nitrogens with one attached hydrogen (secondary N) is 2. The molecule has 162 valence electrons. The highest BCUT2D eigenvalue weighted by Gasteiger charge is 2.17. The number of aryl methyl sites for hydroxylation is 1. The lowest BCUT2D eigenvalue weighted by atomic mass is 9.87. The number of hydrogen-bond donors (Lipinski definition) is 2. The van der Waals surface area contributed by atoms with Crippen LogP contribution < -0.4 is 21.1 Å². The van der Waals surface area contributed by atoms with Crippen LogP contribution in [0.15, 0.2) is 53.3 Å². The predicted molar refractivity (Wildman–Crippen MR) is 118 cm³/mol. The molecule has 0 fully saturated rings. The van der Waals surface area contributed by atoms with Crippen LogP contribution in [0.4, 0.5) is 0 Å². The van der Waals surface area contributed by atoms with Gasteiger partial charge < -0.3 is 4.74 Å². The zero-order valence-electron chi connectivity index (χ0n) is 18.1. The Morgan fingerprint density at radius 2 is 1.65 bits per heavy atom. The van der Waals surface area contributed by atoms with Gasteiger partial charge in [-0.1, -0.05) is 51.1 Å². The van der Waals surface area contributed by atoms with Crippen LogP contribution in [0.1, 0.15) is 43.7 Å². The summed E-state index contributed by atoms with van der Waals surface area (Å²) >= 11 is 0. The third-order valence-corrected chi connectivity index (χ3v) is 4.79. The van der Waals surface area contributed by atoms with E-state index in [0.29, 0.717) is 23.1 Å². The Balaban J connectivity index is 1.63. The minimum atomic E-state index is -0.624. The largest absolute Gasteiger partial charge is 0.484 e. The molecule has 1 heterocycles. The van der Waals surface area contributed by atoms with Crippen molar-refractivity contribution in [1.29, 1.82) is 0 Å². The summed E-state index contributed by atoms with van der Waals surface area (Å²) in [4.78, 5) is 37.1. The third-order valence-electron chi connectivity index (χ3n) is 4.79. The van der Waals surface area contributed by atoms with Crippen LogP contribution in [0.25, 0.3) is 10.8 Å². The second-order valence-electron chi connectivity index (χ2n) is 8.08. The standard InChI is InChI=1S/C23H26N4O4/c1-5-27-22(30)18-9-7-6-8-17(18)20(26-27)21(29)25-24-19(28)14-31-16-12-10-15(11-13-16)23(2,3)4/h6-13H,5,14H2,1-4H3,(H,24,28)(H,25,29). The predicted octanol–water partition coefficient (Wildman–Crippen LogP) is 2.55. The van der Waals surface area contributed by atoms with Crippen molar-refractivity contribution < 1.29 is 14.3 Å². The van der Waals surface area contributed by atoms with Gasteiger partial charge in [0, 0.05) is 11.9 Å². The molecule has 0 aliphatic heterocycles. The number of ether oxygens (including phenoxy) is 1. The van der Waals surface area contributed by atoms with Crippen molar-refractivity contribution in [1.82, 2.24) is 20.6 Å². The van der Waals surface area contributed by atoms with Crippen LogP contribution in [0.5, 0.6) is 5.75 Å². The zero-order valence-corrected chi connectivity index (χ0v) is 18.1. The van der Waals surface area contributed by atoms with E-state index in [1.54, 1.807) is 43.3 Å². The number of aromatic nitrogens is 2. The fourth-order valence-electron chi connectivity index (χ4n) is 3.04. The molecule has 0 atom stereocenters. The van der Waals surface area contributed by atoms with Crippen LogP contribution >= 0.6 is 0 Å². The Kier molecular flexibility index (Phi) is 6.39. The lowest BCUT2D eigenvalue weighted by Gasteiger charge is -2.19. The van der Waals surface area contributed by atoms with Crippen LogP contribution in [0.3, 0.4) is 0 Å². The van der Waals surface area contributed by atoms with E-state index < -0.39 is 11.8 Å². The van der Waals surface area contributed by atoms with Gasteiger partial charge in [-0.05, 0) is 36.1 Å². The SMILES string of the molecule is CCn1nc(C(=O)NNC(=O)COc2ccc(C(C)(C)C)cc2)c2ccccc2c1=O. The molecule has 8 nitrogen and oxygen atoms in total. The maximum Gasteiger partial charge on any atom is 0.290 e. The fourth-order valence-corrected chi connectivity index (χ4v) is 3.04. The number of amides is 2. The molecule has 0 saturated heterocycles. The molecule has 3 aromatic rings. The van der Waals surface area contributed by atoms with Gasteiger partial charge in [0.15, 0.2) is 12.3 Å². The van der Waals surface area contributed by atoms with Crippen molar-refractivity contribution in [2.45, 2.75) is 39.7 Å². The molecule has 0 aliphatic rings. The van der Waals surface area contributed by atoms with Crippen molar-refractivity contribution in [3.8, 4) is 5.75 Å². The Morgan fingerprint density at radius 1 is 1.00 bits per heavy atom. The first-order valence-electron chi connectivity index (χ1n) is 10.0. The third kappa shape index (κ3) is 5.09. The summed E-state index contributed by atoms with van der Waals surface area (Å²) in [5, 5.41) is 4.93. The van der Waals surface area contributed by atoms with Crippen molar-refractivity contribution in [3.63, 3.8) is 0 Å². The van der Waals surface area contributed by atoms with E-state index in [9.17, 15) is 14.4 Å². The van der Waals surface area contributed by atoms with Crippen LogP contribution in [0, 0.1) is 0 Å². The van der Waals surface area contributed by atoms with E-state index in [0.717, 1.165) is 5.56 Å². The summed E-state index contributed by atoms with van der Waals surface area (Å²) in [6.45, 7) is 8.16. The van der Waals surface area contributed by atoms with Crippen molar-refractivity contribution >= 4 is 22.6 Å². The minimum absolute atomic E-state index is 0.0264. The zero-order chi connectivity index (χ0) is 22.6. The maximum absolute atomic E-state index is 12.6. The van der Waals surface area contributed by atoms with Crippen molar-refractivity contribution in [2.75, 3.05) is 6.61 Å². The Hall–Kier alpha value is -3.68. The molecule has 2 aromatic carbocycles. The summed E-state index contributed by atoms with van der Waals surface area (Å²) < 4.78 is 6.68. The fraction of sp³-hybridized carbons (Fsp3) is 0.304. The highest BCUT2D eigenvalue weighted by Crippen LogP contribution is 2.24. The highest BCUT2D eigenvalue weighted by molar-refractivity contribution is 6.05. The average Bonchev–Trinajstić information content (AvgIpc) is 2.76. The molecular weight excluding hydrogens is 396 g/mol. The molecule has 2 amide bonds. The number of rotatable bonds is 5. The second kappa shape index (κ2) is 8.99. The number of fused-ring (bicyclic) bond motifs is 1. The smallest absolute Gasteiger partial charge is 0.290 e. The lowest BCUT2D eigenvalue weighted by Crippen LogP contribution is -2.44. The maximum atomic E-state index is 12.6. The molecule has 31 heavy (non-hydrogen) atoms. The normalized spacial score (nSPS) is 11.2. The molecular formula is C23H26N4O4. The van der Waals surface area contributed by atoms with Crippen LogP contribution in [0.2, 0.25) is 0 Å². The summed E-state index contributed by atoms with van der Waals surface area (Å²) in [6, 6.07) is 14.2. The molecule has 0 unspecified atom stereocenters. The molecule has 2 N–H and O–H groups in total. The monoisotopic (exact) mass is 422 g/mol. The highest BCUT2D eigenvalue weighted by atomic mass is 16.5. The molecule has 3 rings (SSSR count). The molecule has 8 heteroatoms. The molecule has 0 radical (unpaired) electrons. The van der Waals surface area contributed by atoms with Crippen LogP contribution in [-0.2, 0) is 16.8 Å². The number of benzene rings is 2. The Morgan fingerprint density at radius 3 is 2.26 bits per heavy atom. The molecule has 0 saturated carbocycles. The van der Waals surface area contributed by atoms with Gasteiger partial charge in [0.25, 0.3) is 17.4 Å². The molecule has 0 spiro atoms. The van der Waals surface area contributed by atoms with E-state index in [4.69, 9.17) is 4.74 Å². The van der Waals surface area contributed by atoms with Gasteiger partial charge in [-0.3, -0.25) is 25.2 Å². The van der Waals surface area contributed by atoms with Gasteiger partial charge >= 0.3 is 0 Å². The van der Waals surface area contributed by atoms with E-state index in [-0.39, 0.29) is 23.3 Å². The number of carbonyl (C=O) groups excluding carboxylic acids is 2. The van der Waals surface area contributed by atoms with Gasteiger partial charge in [-0.15, -0.1) is 0 Å². The summed E-state index contributed by atoms with van der Waals surface area (Å²) in [5.74, 6) is -0.597. The first-order chi connectivity index (χ1) is 14.7. The summed E-state index contributed by atoms with van der Waals surface area (Å²) in [7, 11) is 0. The first kappa shape index (κ1) is 22.0. The topological polar surface area (TPSA) is 102 Å². The number of carbonyl (C=O) groups is 2. The van der Waals surface area contributed by atoms with Crippen molar-refractivity contribution in [3.05, 3.63) is 70.1 Å². The van der Waals surface area contributed by atoms with Gasteiger partial charge in [-0.2, -0.15) is 5.10 Å². The Bertz CT molecular complexity index is 1160. The van der Waals surface area contributed by atoms with Crippen molar-refractivity contribution in [2.24, 2.45) is 0 Å². The van der Waals surface area contributed by atoms with Gasteiger partial charge in [0.1, 0.15) is 5.75 Å². The first-order valence-corrected chi connectivity index (χ1v) is 10.0. The summed E-state index contributed by atoms with van der Waals surface area (Å²) in [5.41, 5.74) is 5.61. The van der Waals surface area contributed by atoms with Crippen LogP contribution in [-0.4, -0.2) is 28.2 Å². The van der Waals surface area contributed by atoms with E-state index in [2.05, 4.69) is 36.7 Å². The van der Waals surface area contributed by atoms with Gasteiger partial charge in [-0.25, -0.2) is 4.68 Å². The Labute approximate surface area is 180 Å². The minimum Gasteiger partial charge on any atom is -0.484 e. The molecule has 0 aliphatic carbocycles. The number of nitrogens with zero attached hydrogens (tertiary/aromatic N) is 2. The average molecular weight is 422 g/mol. The van der Waals surface area contributed by atoms with E-state index >= 15 is 0 Å². The number of hydrogen-bond acceptors (Lipinski definition) is 5. The number of hydrazine groups is 1. The van der Waals surface area contributed by atoms with E-state index in [1.807, 2.05) is 12.1 Å². The van der Waals surface area contributed by atoms with Gasteiger partial charge in [0.2, 0.25) is 0 Å². The van der Waals surface area contributed by atoms with Gasteiger partial charge in [0.05, 0.1) is 5.39 Å². The molecule has 1 aromatic heterocycles.